The van der Waals surface area contributed by atoms with E-state index in [2.05, 4.69) is 0 Å². The van der Waals surface area contributed by atoms with Crippen molar-refractivity contribution in [1.82, 2.24) is 4.90 Å². The average molecular weight is 231 g/mol. The van der Waals surface area contributed by atoms with Crippen molar-refractivity contribution in [2.75, 3.05) is 33.4 Å². The molecule has 16 heavy (non-hydrogen) atoms. The number of ether oxygens (including phenoxy) is 1. The molecule has 94 valence electrons. The van der Waals surface area contributed by atoms with Gasteiger partial charge >= 0.3 is 5.97 Å². The third-order valence-corrected chi connectivity index (χ3v) is 2.86. The van der Waals surface area contributed by atoms with Crippen LogP contribution in [0.3, 0.4) is 0 Å². The molecule has 0 saturated carbocycles. The number of carboxylic acid groups (broad SMARTS) is 1. The van der Waals surface area contributed by atoms with Crippen LogP contribution in [-0.4, -0.2) is 60.0 Å². The fourth-order valence-corrected chi connectivity index (χ4v) is 2.05. The van der Waals surface area contributed by atoms with Crippen LogP contribution in [0.1, 0.15) is 19.8 Å². The highest BCUT2D eigenvalue weighted by molar-refractivity contribution is 5.76. The number of carboxylic acids is 1. The summed E-state index contributed by atoms with van der Waals surface area (Å²) in [7, 11) is 1.83. The van der Waals surface area contributed by atoms with Crippen LogP contribution in [-0.2, 0) is 9.53 Å². The number of hydrogen-bond donors (Lipinski definition) is 2. The van der Waals surface area contributed by atoms with E-state index in [0.29, 0.717) is 5.92 Å². The highest BCUT2D eigenvalue weighted by atomic mass is 16.5. The second-order valence-corrected chi connectivity index (χ2v) is 4.86. The quantitative estimate of drug-likeness (QED) is 0.706. The van der Waals surface area contributed by atoms with Gasteiger partial charge in [0.05, 0.1) is 6.61 Å². The number of rotatable bonds is 5. The first-order valence-corrected chi connectivity index (χ1v) is 5.64. The molecule has 0 spiro atoms. The molecule has 1 saturated heterocycles. The smallest absolute Gasteiger partial charge is 0.336 e. The summed E-state index contributed by atoms with van der Waals surface area (Å²) >= 11 is 0. The SMILES string of the molecule is CN(CC1CCCOC1)CC(C)(O)C(=O)O. The largest absolute Gasteiger partial charge is 0.479 e. The van der Waals surface area contributed by atoms with Gasteiger partial charge in [0.25, 0.3) is 0 Å². The molecule has 0 aromatic rings. The Morgan fingerprint density at radius 3 is 2.81 bits per heavy atom. The molecule has 1 rings (SSSR count). The van der Waals surface area contributed by atoms with Crippen LogP contribution < -0.4 is 0 Å². The molecule has 5 heteroatoms. The van der Waals surface area contributed by atoms with Crippen LogP contribution >= 0.6 is 0 Å². The Kier molecular flexibility index (Phi) is 4.70. The predicted octanol–water partition coefficient (Wildman–Crippen LogP) is 0.180. The van der Waals surface area contributed by atoms with E-state index in [9.17, 15) is 9.90 Å². The molecule has 5 nitrogen and oxygen atoms in total. The minimum absolute atomic E-state index is 0.138. The number of aliphatic carboxylic acids is 1. The second kappa shape index (κ2) is 5.61. The van der Waals surface area contributed by atoms with Crippen LogP contribution in [0.25, 0.3) is 0 Å². The maximum atomic E-state index is 10.7. The van der Waals surface area contributed by atoms with Crippen molar-refractivity contribution in [1.29, 1.82) is 0 Å². The van der Waals surface area contributed by atoms with E-state index in [1.165, 1.54) is 6.92 Å². The molecule has 2 N–H and O–H groups in total. The number of carbonyl (C=O) groups is 1. The minimum atomic E-state index is -1.68. The number of aliphatic hydroxyl groups is 1. The predicted molar refractivity (Wildman–Crippen MR) is 59.3 cm³/mol. The number of likely N-dealkylation sites (N-methyl/N-ethyl adjacent to an activating group) is 1. The Morgan fingerprint density at radius 1 is 1.62 bits per heavy atom. The molecule has 0 bridgehead atoms. The summed E-state index contributed by atoms with van der Waals surface area (Å²) in [5.74, 6) is -0.734. The van der Waals surface area contributed by atoms with Crippen LogP contribution in [0.15, 0.2) is 0 Å². The van der Waals surface area contributed by atoms with E-state index in [1.54, 1.807) is 0 Å². The maximum Gasteiger partial charge on any atom is 0.336 e. The third-order valence-electron chi connectivity index (χ3n) is 2.86. The summed E-state index contributed by atoms with van der Waals surface area (Å²) in [6, 6.07) is 0. The number of nitrogens with zero attached hydrogens (tertiary/aromatic N) is 1. The Hall–Kier alpha value is -0.650. The van der Waals surface area contributed by atoms with Crippen molar-refractivity contribution in [3.63, 3.8) is 0 Å². The molecule has 1 aliphatic heterocycles. The van der Waals surface area contributed by atoms with Gasteiger partial charge in [0.1, 0.15) is 0 Å². The van der Waals surface area contributed by atoms with Crippen LogP contribution in [0.4, 0.5) is 0 Å². The summed E-state index contributed by atoms with van der Waals surface area (Å²) < 4.78 is 5.36. The van der Waals surface area contributed by atoms with Gasteiger partial charge in [-0.15, -0.1) is 0 Å². The molecule has 0 radical (unpaired) electrons. The van der Waals surface area contributed by atoms with Crippen LogP contribution in [0, 0.1) is 5.92 Å². The van der Waals surface area contributed by atoms with Crippen LogP contribution in [0.5, 0.6) is 0 Å². The van der Waals surface area contributed by atoms with Gasteiger partial charge in [-0.1, -0.05) is 0 Å². The average Bonchev–Trinajstić information content (AvgIpc) is 2.17. The van der Waals surface area contributed by atoms with E-state index in [0.717, 1.165) is 32.6 Å². The molecule has 2 atom stereocenters. The van der Waals surface area contributed by atoms with Gasteiger partial charge in [-0.25, -0.2) is 4.79 Å². The lowest BCUT2D eigenvalue weighted by Crippen LogP contribution is -2.47. The van der Waals surface area contributed by atoms with Crippen LogP contribution in [0.2, 0.25) is 0 Å². The molecule has 1 fully saturated rings. The minimum Gasteiger partial charge on any atom is -0.479 e. The molecule has 0 aromatic carbocycles. The molecule has 0 aromatic heterocycles. The summed E-state index contributed by atoms with van der Waals surface area (Å²) in [6.07, 6.45) is 2.17. The van der Waals surface area contributed by atoms with Crippen molar-refractivity contribution in [3.05, 3.63) is 0 Å². The Morgan fingerprint density at radius 2 is 2.31 bits per heavy atom. The van der Waals surface area contributed by atoms with Gasteiger partial charge in [-0.2, -0.15) is 0 Å². The molecule has 2 unspecified atom stereocenters. The zero-order valence-corrected chi connectivity index (χ0v) is 9.98. The lowest BCUT2D eigenvalue weighted by atomic mass is 10.0. The lowest BCUT2D eigenvalue weighted by Gasteiger charge is -2.30. The van der Waals surface area contributed by atoms with Crippen molar-refractivity contribution in [2.45, 2.75) is 25.4 Å². The standard InChI is InChI=1S/C11H21NO4/c1-11(15,10(13)14)8-12(2)6-9-4-3-5-16-7-9/h9,15H,3-8H2,1-2H3,(H,13,14). The Bertz CT molecular complexity index is 236. The molecule has 1 aliphatic rings. The fourth-order valence-electron chi connectivity index (χ4n) is 2.05. The van der Waals surface area contributed by atoms with Crippen molar-refractivity contribution >= 4 is 5.97 Å². The van der Waals surface area contributed by atoms with Crippen molar-refractivity contribution in [2.24, 2.45) is 5.92 Å². The number of hydrogen-bond acceptors (Lipinski definition) is 4. The van der Waals surface area contributed by atoms with Crippen molar-refractivity contribution in [3.8, 4) is 0 Å². The summed E-state index contributed by atoms with van der Waals surface area (Å²) in [4.78, 5) is 12.6. The second-order valence-electron chi connectivity index (χ2n) is 4.86. The van der Waals surface area contributed by atoms with Gasteiger partial charge in [-0.05, 0) is 32.7 Å². The van der Waals surface area contributed by atoms with E-state index in [-0.39, 0.29) is 6.54 Å². The zero-order valence-electron chi connectivity index (χ0n) is 9.98. The van der Waals surface area contributed by atoms with Gasteiger partial charge < -0.3 is 19.8 Å². The molecular weight excluding hydrogens is 210 g/mol. The van der Waals surface area contributed by atoms with Gasteiger partial charge in [0.15, 0.2) is 5.60 Å². The zero-order chi connectivity index (χ0) is 12.2. The van der Waals surface area contributed by atoms with Crippen molar-refractivity contribution < 1.29 is 19.7 Å². The first-order valence-electron chi connectivity index (χ1n) is 5.64. The monoisotopic (exact) mass is 231 g/mol. The topological polar surface area (TPSA) is 70.0 Å². The molecular formula is C11H21NO4. The Balaban J connectivity index is 2.34. The fraction of sp³-hybridized carbons (Fsp3) is 0.909. The molecule has 0 amide bonds. The normalized spacial score (nSPS) is 25.4. The molecule has 0 aliphatic carbocycles. The Labute approximate surface area is 96.0 Å². The summed E-state index contributed by atoms with van der Waals surface area (Å²) in [5.41, 5.74) is -1.68. The van der Waals surface area contributed by atoms with E-state index in [4.69, 9.17) is 9.84 Å². The van der Waals surface area contributed by atoms with Gasteiger partial charge in [0.2, 0.25) is 0 Å². The first kappa shape index (κ1) is 13.4. The highest BCUT2D eigenvalue weighted by Crippen LogP contribution is 2.15. The third kappa shape index (κ3) is 4.08. The van der Waals surface area contributed by atoms with E-state index in [1.807, 2.05) is 11.9 Å². The first-order chi connectivity index (χ1) is 7.42. The molecule has 1 heterocycles. The maximum absolute atomic E-state index is 10.7. The summed E-state index contributed by atoms with van der Waals surface area (Å²) in [5, 5.41) is 18.4. The summed E-state index contributed by atoms with van der Waals surface area (Å²) in [6.45, 7) is 3.79. The van der Waals surface area contributed by atoms with E-state index < -0.39 is 11.6 Å². The highest BCUT2D eigenvalue weighted by Gasteiger charge is 2.31. The lowest BCUT2D eigenvalue weighted by molar-refractivity contribution is -0.158. The van der Waals surface area contributed by atoms with E-state index >= 15 is 0 Å². The van der Waals surface area contributed by atoms with Gasteiger partial charge in [-0.3, -0.25) is 0 Å². The van der Waals surface area contributed by atoms with Gasteiger partial charge in [0, 0.05) is 19.7 Å².